The molecule has 1 aromatic carbocycles. The summed E-state index contributed by atoms with van der Waals surface area (Å²) < 4.78 is 2.05. The van der Waals surface area contributed by atoms with Crippen molar-refractivity contribution in [1.29, 1.82) is 0 Å². The van der Waals surface area contributed by atoms with Crippen LogP contribution in [-0.2, 0) is 19.4 Å². The molecule has 0 unspecified atom stereocenters. The van der Waals surface area contributed by atoms with Crippen molar-refractivity contribution in [1.82, 2.24) is 9.78 Å². The number of Topliss-reactive ketones (excluding diaryl/α,β-unsaturated/α-hetero) is 1. The Kier molecular flexibility index (Phi) is 4.34. The van der Waals surface area contributed by atoms with E-state index in [1.165, 1.54) is 5.56 Å². The monoisotopic (exact) mass is 316 g/mol. The molecule has 0 spiro atoms. The second-order valence-electron chi connectivity index (χ2n) is 6.24. The molecule has 0 saturated carbocycles. The maximum absolute atomic E-state index is 12.3. The van der Waals surface area contributed by atoms with Crippen LogP contribution in [0.1, 0.15) is 59.9 Å². The number of aromatic nitrogens is 2. The molecule has 0 radical (unpaired) electrons. The van der Waals surface area contributed by atoms with Gasteiger partial charge in [-0.1, -0.05) is 37.6 Å². The van der Waals surface area contributed by atoms with Gasteiger partial charge < -0.3 is 0 Å². The number of ketones is 1. The SMILES string of the molecule is CC(C)c1nn(CCc2ccc(Cl)cc2)c2c1C(=O)CCC2. The van der Waals surface area contributed by atoms with Crippen molar-refractivity contribution in [2.24, 2.45) is 0 Å². The van der Waals surface area contributed by atoms with Gasteiger partial charge in [-0.25, -0.2) is 0 Å². The second-order valence-corrected chi connectivity index (χ2v) is 6.67. The van der Waals surface area contributed by atoms with Gasteiger partial charge in [-0.2, -0.15) is 5.10 Å². The second kappa shape index (κ2) is 6.25. The first-order chi connectivity index (χ1) is 10.6. The van der Waals surface area contributed by atoms with E-state index in [0.29, 0.717) is 6.42 Å². The lowest BCUT2D eigenvalue weighted by Gasteiger charge is -2.14. The summed E-state index contributed by atoms with van der Waals surface area (Å²) in [6, 6.07) is 7.93. The van der Waals surface area contributed by atoms with Crippen LogP contribution >= 0.6 is 11.6 Å². The summed E-state index contributed by atoms with van der Waals surface area (Å²) in [7, 11) is 0. The van der Waals surface area contributed by atoms with Gasteiger partial charge in [0, 0.05) is 23.7 Å². The third-order valence-corrected chi connectivity index (χ3v) is 4.51. The highest BCUT2D eigenvalue weighted by Gasteiger charge is 2.27. The Morgan fingerprint density at radius 2 is 1.95 bits per heavy atom. The van der Waals surface area contributed by atoms with Gasteiger partial charge in [0.05, 0.1) is 11.3 Å². The lowest BCUT2D eigenvalue weighted by Crippen LogP contribution is -2.15. The van der Waals surface area contributed by atoms with Crippen molar-refractivity contribution in [3.63, 3.8) is 0 Å². The number of aryl methyl sites for hydroxylation is 2. The van der Waals surface area contributed by atoms with E-state index in [4.69, 9.17) is 16.7 Å². The van der Waals surface area contributed by atoms with Crippen molar-refractivity contribution in [2.75, 3.05) is 0 Å². The van der Waals surface area contributed by atoms with Crippen LogP contribution in [0.4, 0.5) is 0 Å². The fourth-order valence-electron chi connectivity index (χ4n) is 3.09. The summed E-state index contributed by atoms with van der Waals surface area (Å²) >= 11 is 5.92. The normalized spacial score (nSPS) is 14.5. The first-order valence-electron chi connectivity index (χ1n) is 7.93. The minimum absolute atomic E-state index is 0.266. The molecule has 2 aromatic rings. The van der Waals surface area contributed by atoms with Gasteiger partial charge in [-0.15, -0.1) is 0 Å². The van der Waals surface area contributed by atoms with Crippen molar-refractivity contribution >= 4 is 17.4 Å². The summed E-state index contributed by atoms with van der Waals surface area (Å²) in [5, 5.41) is 5.50. The summed E-state index contributed by atoms with van der Waals surface area (Å²) in [6.45, 7) is 5.02. The highest BCUT2D eigenvalue weighted by molar-refractivity contribution is 6.30. The Morgan fingerprint density at radius 1 is 1.23 bits per heavy atom. The topological polar surface area (TPSA) is 34.9 Å². The maximum atomic E-state index is 12.3. The van der Waals surface area contributed by atoms with Gasteiger partial charge in [0.15, 0.2) is 5.78 Å². The van der Waals surface area contributed by atoms with E-state index in [0.717, 1.165) is 47.8 Å². The summed E-state index contributed by atoms with van der Waals surface area (Å²) in [6.07, 6.45) is 3.46. The molecule has 1 aromatic heterocycles. The predicted octanol–water partition coefficient (Wildman–Crippen LogP) is 4.42. The third-order valence-electron chi connectivity index (χ3n) is 4.25. The zero-order valence-electron chi connectivity index (χ0n) is 13.1. The Hall–Kier alpha value is -1.61. The van der Waals surface area contributed by atoms with Gasteiger partial charge >= 0.3 is 0 Å². The number of halogens is 1. The van der Waals surface area contributed by atoms with E-state index in [-0.39, 0.29) is 11.7 Å². The molecule has 0 amide bonds. The fourth-order valence-corrected chi connectivity index (χ4v) is 3.22. The van der Waals surface area contributed by atoms with E-state index in [1.807, 2.05) is 24.3 Å². The van der Waals surface area contributed by atoms with Crippen LogP contribution in [0.2, 0.25) is 5.02 Å². The number of carbonyl (C=O) groups excluding carboxylic acids is 1. The molecule has 22 heavy (non-hydrogen) atoms. The molecule has 0 fully saturated rings. The molecule has 1 heterocycles. The van der Waals surface area contributed by atoms with Gasteiger partial charge in [0.25, 0.3) is 0 Å². The van der Waals surface area contributed by atoms with E-state index in [2.05, 4.69) is 18.5 Å². The average molecular weight is 317 g/mol. The summed E-state index contributed by atoms with van der Waals surface area (Å²) in [5.41, 5.74) is 4.24. The van der Waals surface area contributed by atoms with Crippen LogP contribution in [0.25, 0.3) is 0 Å². The molecule has 0 saturated heterocycles. The first-order valence-corrected chi connectivity index (χ1v) is 8.31. The molecule has 3 rings (SSSR count). The lowest BCUT2D eigenvalue weighted by molar-refractivity contribution is 0.0970. The lowest BCUT2D eigenvalue weighted by atomic mass is 9.91. The van der Waals surface area contributed by atoms with Crippen molar-refractivity contribution in [3.05, 3.63) is 51.8 Å². The van der Waals surface area contributed by atoms with E-state index >= 15 is 0 Å². The molecule has 0 N–H and O–H groups in total. The van der Waals surface area contributed by atoms with Crippen LogP contribution in [-0.4, -0.2) is 15.6 Å². The van der Waals surface area contributed by atoms with E-state index < -0.39 is 0 Å². The quantitative estimate of drug-likeness (QED) is 0.836. The number of rotatable bonds is 4. The van der Waals surface area contributed by atoms with Crippen LogP contribution in [0, 0.1) is 0 Å². The molecule has 116 valence electrons. The van der Waals surface area contributed by atoms with Crippen LogP contribution in [0.3, 0.4) is 0 Å². The third kappa shape index (κ3) is 2.95. The number of nitrogens with zero attached hydrogens (tertiary/aromatic N) is 2. The zero-order chi connectivity index (χ0) is 15.7. The Morgan fingerprint density at radius 3 is 2.64 bits per heavy atom. The van der Waals surface area contributed by atoms with Gasteiger partial charge in [0.2, 0.25) is 0 Å². The van der Waals surface area contributed by atoms with Crippen LogP contribution < -0.4 is 0 Å². The zero-order valence-corrected chi connectivity index (χ0v) is 13.9. The number of fused-ring (bicyclic) bond motifs is 1. The largest absolute Gasteiger partial charge is 0.294 e. The fraction of sp³-hybridized carbons (Fsp3) is 0.444. The smallest absolute Gasteiger partial charge is 0.166 e. The molecule has 0 aliphatic heterocycles. The number of hydrogen-bond acceptors (Lipinski definition) is 2. The van der Waals surface area contributed by atoms with Crippen LogP contribution in [0.15, 0.2) is 24.3 Å². The molecular formula is C18H21ClN2O. The van der Waals surface area contributed by atoms with E-state index in [9.17, 15) is 4.79 Å². The van der Waals surface area contributed by atoms with Crippen molar-refractivity contribution < 1.29 is 4.79 Å². The Balaban J connectivity index is 1.86. The van der Waals surface area contributed by atoms with E-state index in [1.54, 1.807) is 0 Å². The molecule has 3 nitrogen and oxygen atoms in total. The minimum atomic E-state index is 0.266. The van der Waals surface area contributed by atoms with Gasteiger partial charge in [-0.05, 0) is 42.9 Å². The highest BCUT2D eigenvalue weighted by Crippen LogP contribution is 2.29. The van der Waals surface area contributed by atoms with Gasteiger partial charge in [0.1, 0.15) is 0 Å². The summed E-state index contributed by atoms with van der Waals surface area (Å²) in [4.78, 5) is 12.3. The molecular weight excluding hydrogens is 296 g/mol. The standard InChI is InChI=1S/C18H21ClN2O/c1-12(2)18-17-15(4-3-5-16(17)22)21(20-18)11-10-13-6-8-14(19)9-7-13/h6-9,12H,3-5,10-11H2,1-2H3. The number of hydrogen-bond donors (Lipinski definition) is 0. The molecule has 0 bridgehead atoms. The van der Waals surface area contributed by atoms with Crippen molar-refractivity contribution in [3.8, 4) is 0 Å². The Bertz CT molecular complexity index is 686. The Labute approximate surface area is 136 Å². The summed E-state index contributed by atoms with van der Waals surface area (Å²) in [5.74, 6) is 0.551. The molecule has 4 heteroatoms. The maximum Gasteiger partial charge on any atom is 0.166 e. The molecule has 1 aliphatic carbocycles. The minimum Gasteiger partial charge on any atom is -0.294 e. The highest BCUT2D eigenvalue weighted by atomic mass is 35.5. The van der Waals surface area contributed by atoms with Crippen molar-refractivity contribution in [2.45, 2.75) is 52.0 Å². The molecule has 1 aliphatic rings. The number of carbonyl (C=O) groups is 1. The first kappa shape index (κ1) is 15.3. The van der Waals surface area contributed by atoms with Gasteiger partial charge in [-0.3, -0.25) is 9.48 Å². The van der Waals surface area contributed by atoms with Crippen LogP contribution in [0.5, 0.6) is 0 Å². The molecule has 0 atom stereocenters. The number of benzene rings is 1. The average Bonchev–Trinajstić information content (AvgIpc) is 2.87. The predicted molar refractivity (Wildman–Crippen MR) is 88.7 cm³/mol.